The van der Waals surface area contributed by atoms with Gasteiger partial charge in [-0.3, -0.25) is 4.90 Å². The summed E-state index contributed by atoms with van der Waals surface area (Å²) < 4.78 is 5.39. The van der Waals surface area contributed by atoms with Crippen molar-refractivity contribution in [2.45, 2.75) is 13.0 Å². The predicted molar refractivity (Wildman–Crippen MR) is 76.9 cm³/mol. The van der Waals surface area contributed by atoms with Gasteiger partial charge in [0.1, 0.15) is 5.75 Å². The van der Waals surface area contributed by atoms with Gasteiger partial charge in [-0.05, 0) is 19.1 Å². The van der Waals surface area contributed by atoms with Crippen molar-refractivity contribution in [3.8, 4) is 5.75 Å². The summed E-state index contributed by atoms with van der Waals surface area (Å²) in [6.07, 6.45) is -0.554. The summed E-state index contributed by atoms with van der Waals surface area (Å²) in [6, 6.07) is 5.47. The summed E-state index contributed by atoms with van der Waals surface area (Å²) >= 11 is 6.21. The standard InChI is InChI=1S/C14H21ClN2O2/c1-2-19-11-3-4-12(13(15)9-11)14(18)10-17-7-5-16-6-8-17/h3-4,9,14,16,18H,2,5-8,10H2,1H3. The summed E-state index contributed by atoms with van der Waals surface area (Å²) in [4.78, 5) is 2.24. The molecule has 2 rings (SSSR count). The van der Waals surface area contributed by atoms with E-state index in [4.69, 9.17) is 16.3 Å². The van der Waals surface area contributed by atoms with Gasteiger partial charge in [0, 0.05) is 38.3 Å². The van der Waals surface area contributed by atoms with Gasteiger partial charge < -0.3 is 15.2 Å². The fourth-order valence-electron chi connectivity index (χ4n) is 2.27. The van der Waals surface area contributed by atoms with Crippen LogP contribution in [0.5, 0.6) is 5.75 Å². The number of benzene rings is 1. The molecule has 1 fully saturated rings. The number of hydrogen-bond donors (Lipinski definition) is 2. The molecule has 0 radical (unpaired) electrons. The molecule has 0 spiro atoms. The first-order valence-corrected chi connectivity index (χ1v) is 7.12. The SMILES string of the molecule is CCOc1ccc(C(O)CN2CCNCC2)c(Cl)c1. The molecule has 0 aromatic heterocycles. The van der Waals surface area contributed by atoms with E-state index in [9.17, 15) is 5.11 Å². The Hall–Kier alpha value is -0.810. The Morgan fingerprint density at radius 1 is 1.42 bits per heavy atom. The van der Waals surface area contributed by atoms with Gasteiger partial charge in [0.15, 0.2) is 0 Å². The molecule has 1 atom stereocenters. The summed E-state index contributed by atoms with van der Waals surface area (Å²) in [5.74, 6) is 0.741. The van der Waals surface area contributed by atoms with Crippen molar-refractivity contribution < 1.29 is 9.84 Å². The van der Waals surface area contributed by atoms with Crippen LogP contribution in [0.1, 0.15) is 18.6 Å². The summed E-state index contributed by atoms with van der Waals surface area (Å²) in [5.41, 5.74) is 0.767. The zero-order valence-corrected chi connectivity index (χ0v) is 12.0. The number of rotatable bonds is 5. The maximum atomic E-state index is 10.3. The molecule has 1 aromatic rings. The predicted octanol–water partition coefficient (Wildman–Crippen LogP) is 1.68. The van der Waals surface area contributed by atoms with E-state index < -0.39 is 6.10 Å². The fraction of sp³-hybridized carbons (Fsp3) is 0.571. The lowest BCUT2D eigenvalue weighted by molar-refractivity contribution is 0.105. The number of nitrogens with one attached hydrogen (secondary N) is 1. The van der Waals surface area contributed by atoms with Gasteiger partial charge in [0.25, 0.3) is 0 Å². The van der Waals surface area contributed by atoms with Gasteiger partial charge in [-0.15, -0.1) is 0 Å². The van der Waals surface area contributed by atoms with Gasteiger partial charge >= 0.3 is 0 Å². The van der Waals surface area contributed by atoms with Crippen LogP contribution in [0.15, 0.2) is 18.2 Å². The molecule has 106 valence electrons. The zero-order chi connectivity index (χ0) is 13.7. The molecule has 1 aromatic carbocycles. The molecular formula is C14H21ClN2O2. The highest BCUT2D eigenvalue weighted by molar-refractivity contribution is 6.31. The van der Waals surface area contributed by atoms with Crippen molar-refractivity contribution in [1.82, 2.24) is 10.2 Å². The van der Waals surface area contributed by atoms with E-state index in [1.807, 2.05) is 19.1 Å². The van der Waals surface area contributed by atoms with Gasteiger partial charge in [0.2, 0.25) is 0 Å². The van der Waals surface area contributed by atoms with Crippen LogP contribution in [0.25, 0.3) is 0 Å². The van der Waals surface area contributed by atoms with Crippen LogP contribution in [0.4, 0.5) is 0 Å². The smallest absolute Gasteiger partial charge is 0.120 e. The second-order valence-electron chi connectivity index (χ2n) is 4.68. The monoisotopic (exact) mass is 284 g/mol. The zero-order valence-electron chi connectivity index (χ0n) is 11.2. The maximum absolute atomic E-state index is 10.3. The quantitative estimate of drug-likeness (QED) is 0.863. The number of aliphatic hydroxyl groups is 1. The van der Waals surface area contributed by atoms with Gasteiger partial charge in [0.05, 0.1) is 17.7 Å². The van der Waals surface area contributed by atoms with E-state index in [1.165, 1.54) is 0 Å². The topological polar surface area (TPSA) is 44.7 Å². The molecule has 1 saturated heterocycles. The summed E-state index contributed by atoms with van der Waals surface area (Å²) in [7, 11) is 0. The summed E-state index contributed by atoms with van der Waals surface area (Å²) in [6.45, 7) is 7.04. The van der Waals surface area contributed by atoms with Gasteiger partial charge in [-0.2, -0.15) is 0 Å². The van der Waals surface area contributed by atoms with E-state index in [-0.39, 0.29) is 0 Å². The van der Waals surface area contributed by atoms with Crippen LogP contribution in [0, 0.1) is 0 Å². The minimum absolute atomic E-state index is 0.554. The number of aliphatic hydroxyl groups excluding tert-OH is 1. The lowest BCUT2D eigenvalue weighted by Crippen LogP contribution is -2.44. The molecule has 1 aliphatic heterocycles. The number of ether oxygens (including phenoxy) is 1. The Kier molecular flexibility index (Phi) is 5.45. The van der Waals surface area contributed by atoms with Gasteiger partial charge in [-0.1, -0.05) is 17.7 Å². The minimum Gasteiger partial charge on any atom is -0.494 e. The third kappa shape index (κ3) is 4.08. The van der Waals surface area contributed by atoms with E-state index >= 15 is 0 Å². The van der Waals surface area contributed by atoms with E-state index in [0.717, 1.165) is 37.5 Å². The van der Waals surface area contributed by atoms with Crippen LogP contribution in [0.3, 0.4) is 0 Å². The molecule has 5 heteroatoms. The van der Waals surface area contributed by atoms with E-state index in [2.05, 4.69) is 10.2 Å². The Bertz CT molecular complexity index is 408. The number of β-amino-alcohol motifs (C(OH)–C–C–N with tert-alkyl or cyclic N) is 1. The van der Waals surface area contributed by atoms with Crippen molar-refractivity contribution in [3.63, 3.8) is 0 Å². The van der Waals surface area contributed by atoms with Crippen LogP contribution in [-0.4, -0.2) is 49.3 Å². The van der Waals surface area contributed by atoms with Crippen molar-refractivity contribution in [2.24, 2.45) is 0 Å². The van der Waals surface area contributed by atoms with Crippen molar-refractivity contribution in [2.75, 3.05) is 39.3 Å². The Morgan fingerprint density at radius 2 is 2.16 bits per heavy atom. The molecule has 1 unspecified atom stereocenters. The minimum atomic E-state index is -0.554. The van der Waals surface area contributed by atoms with Crippen molar-refractivity contribution >= 4 is 11.6 Å². The molecule has 2 N–H and O–H groups in total. The average Bonchev–Trinajstić information content (AvgIpc) is 2.40. The molecule has 1 heterocycles. The Morgan fingerprint density at radius 3 is 2.79 bits per heavy atom. The van der Waals surface area contributed by atoms with Crippen LogP contribution in [-0.2, 0) is 0 Å². The summed E-state index contributed by atoms with van der Waals surface area (Å²) in [5, 5.41) is 14.1. The third-order valence-corrected chi connectivity index (χ3v) is 3.61. The first kappa shape index (κ1) is 14.6. The second-order valence-corrected chi connectivity index (χ2v) is 5.09. The number of halogens is 1. The third-order valence-electron chi connectivity index (χ3n) is 3.28. The molecule has 0 bridgehead atoms. The first-order chi connectivity index (χ1) is 9.20. The van der Waals surface area contributed by atoms with E-state index in [1.54, 1.807) is 6.07 Å². The molecule has 0 aliphatic carbocycles. The van der Waals surface area contributed by atoms with Crippen LogP contribution < -0.4 is 10.1 Å². The highest BCUT2D eigenvalue weighted by Gasteiger charge is 2.18. The molecule has 19 heavy (non-hydrogen) atoms. The normalized spacial score (nSPS) is 18.3. The number of nitrogens with zero attached hydrogens (tertiary/aromatic N) is 1. The molecule has 4 nitrogen and oxygen atoms in total. The Labute approximate surface area is 119 Å². The number of hydrogen-bond acceptors (Lipinski definition) is 4. The lowest BCUT2D eigenvalue weighted by atomic mass is 10.1. The molecule has 0 amide bonds. The highest BCUT2D eigenvalue weighted by atomic mass is 35.5. The first-order valence-electron chi connectivity index (χ1n) is 6.74. The van der Waals surface area contributed by atoms with E-state index in [0.29, 0.717) is 18.2 Å². The highest BCUT2D eigenvalue weighted by Crippen LogP contribution is 2.28. The van der Waals surface area contributed by atoms with Crippen LogP contribution in [0.2, 0.25) is 5.02 Å². The maximum Gasteiger partial charge on any atom is 0.120 e. The number of piperazine rings is 1. The second kappa shape index (κ2) is 7.10. The largest absolute Gasteiger partial charge is 0.494 e. The molecular weight excluding hydrogens is 264 g/mol. The Balaban J connectivity index is 1.99. The molecule has 0 saturated carbocycles. The average molecular weight is 285 g/mol. The van der Waals surface area contributed by atoms with Crippen LogP contribution >= 0.6 is 11.6 Å². The lowest BCUT2D eigenvalue weighted by Gasteiger charge is -2.29. The van der Waals surface area contributed by atoms with Gasteiger partial charge in [-0.25, -0.2) is 0 Å². The fourth-order valence-corrected chi connectivity index (χ4v) is 2.57. The van der Waals surface area contributed by atoms with Crippen molar-refractivity contribution in [1.29, 1.82) is 0 Å². The van der Waals surface area contributed by atoms with Crippen molar-refractivity contribution in [3.05, 3.63) is 28.8 Å². The molecule has 1 aliphatic rings.